The molecule has 9 nitrogen and oxygen atoms in total. The molecule has 1 amide bonds. The van der Waals surface area contributed by atoms with Gasteiger partial charge in [0.25, 0.3) is 0 Å². The first-order chi connectivity index (χ1) is 20.5. The number of rotatable bonds is 27. The fourth-order valence-electron chi connectivity index (χ4n) is 4.54. The van der Waals surface area contributed by atoms with Gasteiger partial charge in [-0.05, 0) is 31.1 Å². The summed E-state index contributed by atoms with van der Waals surface area (Å²) >= 11 is 0. The summed E-state index contributed by atoms with van der Waals surface area (Å²) in [5, 5.41) is 3.00. The zero-order chi connectivity index (χ0) is 30.9. The van der Waals surface area contributed by atoms with Gasteiger partial charge in [0.15, 0.2) is 11.9 Å². The molecule has 9 N–H and O–H groups in total. The van der Waals surface area contributed by atoms with E-state index < -0.39 is 0 Å². The third-order valence-electron chi connectivity index (χ3n) is 7.02. The summed E-state index contributed by atoms with van der Waals surface area (Å²) in [6, 6.07) is 0. The van der Waals surface area contributed by atoms with Gasteiger partial charge in [0.2, 0.25) is 5.91 Å². The van der Waals surface area contributed by atoms with Crippen LogP contribution >= 0.6 is 0 Å². The molecular formula is C33H62N8O. The molecule has 0 radical (unpaired) electrons. The topological polar surface area (TPSA) is 161 Å². The summed E-state index contributed by atoms with van der Waals surface area (Å²) in [6.07, 6.45) is 22.7. The lowest BCUT2D eigenvalue weighted by molar-refractivity contribution is -0.121. The van der Waals surface area contributed by atoms with Crippen LogP contribution in [0.15, 0.2) is 9.98 Å². The molecule has 0 aromatic carbocycles. The number of nitrogens with zero attached hydrogens (tertiary/aromatic N) is 3. The molecule has 0 rings (SSSR count). The molecule has 0 saturated heterocycles. The SMILES string of the molecule is CCCCCCCCCCCCC#CC#CCCCCCCCCC(=O)NCCN(CCN=C(N)N)CCN=C(N)N. The van der Waals surface area contributed by atoms with Gasteiger partial charge >= 0.3 is 0 Å². The van der Waals surface area contributed by atoms with Gasteiger partial charge < -0.3 is 28.3 Å². The van der Waals surface area contributed by atoms with Gasteiger partial charge in [0, 0.05) is 45.4 Å². The van der Waals surface area contributed by atoms with Crippen LogP contribution in [0.5, 0.6) is 0 Å². The molecule has 0 spiro atoms. The number of amides is 1. The molecule has 0 bridgehead atoms. The van der Waals surface area contributed by atoms with E-state index >= 15 is 0 Å². The second-order valence-electron chi connectivity index (χ2n) is 11.0. The number of aliphatic imine (C=N–C) groups is 2. The smallest absolute Gasteiger partial charge is 0.220 e. The standard InChI is InChI=1S/C33H62N8O/c1-2-3-4-5-6-7-8-9-10-11-12-13-14-15-16-17-18-19-20-21-22-23-24-31(42)38-25-28-41(29-26-39-32(34)35)30-27-40-33(36)37/h2-12,17-30H2,1H3,(H,38,42)(H4,34,35,39)(H4,36,37,40). The first kappa shape index (κ1) is 39.1. The van der Waals surface area contributed by atoms with Gasteiger partial charge in [-0.25, -0.2) is 0 Å². The maximum absolute atomic E-state index is 12.2. The van der Waals surface area contributed by atoms with Crippen molar-refractivity contribution in [3.8, 4) is 23.7 Å². The molecule has 0 saturated carbocycles. The third-order valence-corrected chi connectivity index (χ3v) is 7.02. The van der Waals surface area contributed by atoms with Crippen molar-refractivity contribution in [3.05, 3.63) is 0 Å². The zero-order valence-electron chi connectivity index (χ0n) is 26.7. The molecule has 0 aromatic rings. The highest BCUT2D eigenvalue weighted by atomic mass is 16.1. The van der Waals surface area contributed by atoms with Crippen molar-refractivity contribution in [2.45, 2.75) is 129 Å². The van der Waals surface area contributed by atoms with E-state index in [0.29, 0.717) is 45.7 Å². The number of hydrogen-bond acceptors (Lipinski definition) is 4. The predicted octanol–water partition coefficient (Wildman–Crippen LogP) is 4.39. The Balaban J connectivity index is 3.67. The monoisotopic (exact) mass is 587 g/mol. The van der Waals surface area contributed by atoms with Gasteiger partial charge in [-0.2, -0.15) is 0 Å². The van der Waals surface area contributed by atoms with E-state index in [1.807, 2.05) is 0 Å². The molecule has 0 aliphatic heterocycles. The van der Waals surface area contributed by atoms with E-state index in [2.05, 4.69) is 50.8 Å². The molecule has 240 valence electrons. The fourth-order valence-corrected chi connectivity index (χ4v) is 4.54. The Labute approximate surface area is 257 Å². The van der Waals surface area contributed by atoms with Gasteiger partial charge in [0.05, 0.1) is 13.1 Å². The highest BCUT2D eigenvalue weighted by molar-refractivity contribution is 5.76. The van der Waals surface area contributed by atoms with Crippen LogP contribution in [0, 0.1) is 23.7 Å². The normalized spacial score (nSPS) is 10.3. The molecule has 0 atom stereocenters. The van der Waals surface area contributed by atoms with Crippen LogP contribution in [0.1, 0.15) is 129 Å². The Kier molecular flexibility index (Phi) is 28.9. The molecule has 0 heterocycles. The average molecular weight is 587 g/mol. The third kappa shape index (κ3) is 31.6. The first-order valence-corrected chi connectivity index (χ1v) is 16.5. The van der Waals surface area contributed by atoms with Gasteiger partial charge in [0.1, 0.15) is 0 Å². The summed E-state index contributed by atoms with van der Waals surface area (Å²) < 4.78 is 0. The Morgan fingerprint density at radius 2 is 1.05 bits per heavy atom. The minimum atomic E-state index is 0.0659. The van der Waals surface area contributed by atoms with Crippen molar-refractivity contribution < 1.29 is 4.79 Å². The van der Waals surface area contributed by atoms with Crippen LogP contribution in [0.25, 0.3) is 0 Å². The number of carbonyl (C=O) groups is 1. The second-order valence-corrected chi connectivity index (χ2v) is 11.0. The number of hydrogen-bond donors (Lipinski definition) is 5. The van der Waals surface area contributed by atoms with Crippen LogP contribution in [0.4, 0.5) is 0 Å². The van der Waals surface area contributed by atoms with Gasteiger partial charge in [-0.1, -0.05) is 102 Å². The first-order valence-electron chi connectivity index (χ1n) is 16.5. The molecule has 42 heavy (non-hydrogen) atoms. The van der Waals surface area contributed by atoms with E-state index in [1.165, 1.54) is 77.0 Å². The van der Waals surface area contributed by atoms with E-state index in [-0.39, 0.29) is 17.8 Å². The van der Waals surface area contributed by atoms with E-state index in [9.17, 15) is 4.79 Å². The predicted molar refractivity (Wildman–Crippen MR) is 180 cm³/mol. The van der Waals surface area contributed by atoms with Crippen molar-refractivity contribution in [3.63, 3.8) is 0 Å². The average Bonchev–Trinajstić information content (AvgIpc) is 2.95. The number of nitrogens with two attached hydrogens (primary N) is 4. The number of guanidine groups is 2. The highest BCUT2D eigenvalue weighted by Gasteiger charge is 2.06. The van der Waals surface area contributed by atoms with Crippen LogP contribution in [-0.4, -0.2) is 62.0 Å². The molecule has 0 aliphatic rings. The van der Waals surface area contributed by atoms with Crippen molar-refractivity contribution in [2.75, 3.05) is 39.3 Å². The molecule has 0 fully saturated rings. The lowest BCUT2D eigenvalue weighted by Crippen LogP contribution is -2.38. The summed E-state index contributed by atoms with van der Waals surface area (Å²) in [6.45, 7) is 5.80. The molecule has 0 aromatic heterocycles. The quantitative estimate of drug-likeness (QED) is 0.0415. The number of carbonyl (C=O) groups excluding carboxylic acids is 1. The summed E-state index contributed by atoms with van der Waals surface area (Å²) in [7, 11) is 0. The van der Waals surface area contributed by atoms with Crippen molar-refractivity contribution >= 4 is 17.8 Å². The van der Waals surface area contributed by atoms with Crippen molar-refractivity contribution in [2.24, 2.45) is 32.9 Å². The van der Waals surface area contributed by atoms with E-state index in [1.54, 1.807) is 0 Å². The maximum Gasteiger partial charge on any atom is 0.220 e. The summed E-state index contributed by atoms with van der Waals surface area (Å²) in [4.78, 5) is 22.3. The molecule has 9 heteroatoms. The minimum Gasteiger partial charge on any atom is -0.370 e. The van der Waals surface area contributed by atoms with E-state index in [0.717, 1.165) is 38.5 Å². The fraction of sp³-hybridized carbons (Fsp3) is 0.788. The number of unbranched alkanes of at least 4 members (excludes halogenated alkanes) is 16. The minimum absolute atomic E-state index is 0.0659. The van der Waals surface area contributed by atoms with Crippen molar-refractivity contribution in [1.82, 2.24) is 10.2 Å². The zero-order valence-corrected chi connectivity index (χ0v) is 26.7. The van der Waals surface area contributed by atoms with Crippen LogP contribution in [0.3, 0.4) is 0 Å². The molecule has 0 aliphatic carbocycles. The largest absolute Gasteiger partial charge is 0.370 e. The van der Waals surface area contributed by atoms with Crippen LogP contribution in [0.2, 0.25) is 0 Å². The summed E-state index contributed by atoms with van der Waals surface area (Å²) in [5.41, 5.74) is 21.6. The lowest BCUT2D eigenvalue weighted by atomic mass is 10.1. The lowest BCUT2D eigenvalue weighted by Gasteiger charge is -2.20. The summed E-state index contributed by atoms with van der Waals surface area (Å²) in [5.74, 6) is 12.6. The van der Waals surface area contributed by atoms with Crippen LogP contribution in [-0.2, 0) is 4.79 Å². The van der Waals surface area contributed by atoms with Crippen molar-refractivity contribution in [1.29, 1.82) is 0 Å². The van der Waals surface area contributed by atoms with Gasteiger partial charge in [-0.3, -0.25) is 19.7 Å². The second kappa shape index (κ2) is 31.0. The Morgan fingerprint density at radius 3 is 1.50 bits per heavy atom. The van der Waals surface area contributed by atoms with Gasteiger partial charge in [-0.15, -0.1) is 0 Å². The highest BCUT2D eigenvalue weighted by Crippen LogP contribution is 2.11. The Hall–Kier alpha value is -2.91. The van der Waals surface area contributed by atoms with E-state index in [4.69, 9.17) is 22.9 Å². The van der Waals surface area contributed by atoms with Crippen LogP contribution < -0.4 is 28.3 Å². The molecule has 0 unspecified atom stereocenters. The number of nitrogens with one attached hydrogen (secondary N) is 1. The maximum atomic E-state index is 12.2. The Morgan fingerprint density at radius 1 is 0.619 bits per heavy atom. The molecular weight excluding hydrogens is 524 g/mol. The Bertz CT molecular complexity index is 804.